The molecule has 0 spiro atoms. The number of anilines is 1. The third kappa shape index (κ3) is 2.61. The summed E-state index contributed by atoms with van der Waals surface area (Å²) in [6.45, 7) is 2.11. The van der Waals surface area contributed by atoms with Crippen molar-refractivity contribution in [3.05, 3.63) is 28.8 Å². The van der Waals surface area contributed by atoms with E-state index in [1.54, 1.807) is 6.07 Å². The van der Waals surface area contributed by atoms with Crippen LogP contribution in [0.4, 0.5) is 5.69 Å². The molecule has 3 heteroatoms. The predicted octanol–water partition coefficient (Wildman–Crippen LogP) is 2.72. The minimum atomic E-state index is 0.0723. The van der Waals surface area contributed by atoms with Crippen LogP contribution >= 0.6 is 11.6 Å². The Labute approximate surface area is 83.9 Å². The van der Waals surface area contributed by atoms with E-state index in [4.69, 9.17) is 23.1 Å². The molecule has 1 atom stereocenters. The highest BCUT2D eigenvalue weighted by atomic mass is 35.5. The van der Waals surface area contributed by atoms with Gasteiger partial charge in [-0.25, -0.2) is 0 Å². The summed E-state index contributed by atoms with van der Waals surface area (Å²) in [4.78, 5) is 0. The molecule has 0 saturated heterocycles. The van der Waals surface area contributed by atoms with Gasteiger partial charge in [0.05, 0.1) is 10.7 Å². The van der Waals surface area contributed by atoms with E-state index in [0.717, 1.165) is 18.4 Å². The van der Waals surface area contributed by atoms with E-state index in [0.29, 0.717) is 10.7 Å². The molecular weight excluding hydrogens is 184 g/mol. The van der Waals surface area contributed by atoms with Gasteiger partial charge in [-0.3, -0.25) is 0 Å². The Balaban J connectivity index is 2.84. The number of hydrogen-bond acceptors (Lipinski definition) is 2. The van der Waals surface area contributed by atoms with Crippen LogP contribution in [-0.4, -0.2) is 0 Å². The number of nitrogens with two attached hydrogens (primary N) is 2. The van der Waals surface area contributed by atoms with Gasteiger partial charge in [-0.15, -0.1) is 0 Å². The molecule has 0 aliphatic rings. The second kappa shape index (κ2) is 4.49. The van der Waals surface area contributed by atoms with Crippen molar-refractivity contribution in [2.24, 2.45) is 5.73 Å². The fourth-order valence-electron chi connectivity index (χ4n) is 1.25. The number of nitrogen functional groups attached to an aromatic ring is 1. The minimum Gasteiger partial charge on any atom is -0.398 e. The van der Waals surface area contributed by atoms with Crippen LogP contribution in [0, 0.1) is 0 Å². The first-order chi connectivity index (χ1) is 6.15. The van der Waals surface area contributed by atoms with Crippen LogP contribution in [0.15, 0.2) is 18.2 Å². The summed E-state index contributed by atoms with van der Waals surface area (Å²) in [6, 6.07) is 5.65. The van der Waals surface area contributed by atoms with Crippen LogP contribution in [0.3, 0.4) is 0 Å². The highest BCUT2D eigenvalue weighted by molar-refractivity contribution is 6.33. The summed E-state index contributed by atoms with van der Waals surface area (Å²) in [6.07, 6.45) is 2.05. The Bertz CT molecular complexity index is 286. The molecule has 4 N–H and O–H groups in total. The fraction of sp³-hybridized carbons (Fsp3) is 0.400. The molecule has 1 aromatic rings. The molecule has 1 rings (SSSR count). The first kappa shape index (κ1) is 10.4. The number of halogens is 1. The molecule has 0 aliphatic carbocycles. The monoisotopic (exact) mass is 198 g/mol. The first-order valence-corrected chi connectivity index (χ1v) is 4.83. The molecule has 0 radical (unpaired) electrons. The first-order valence-electron chi connectivity index (χ1n) is 4.45. The maximum atomic E-state index is 5.93. The largest absolute Gasteiger partial charge is 0.398 e. The second-order valence-electron chi connectivity index (χ2n) is 3.18. The van der Waals surface area contributed by atoms with Gasteiger partial charge < -0.3 is 11.5 Å². The quantitative estimate of drug-likeness (QED) is 0.734. The molecule has 0 fully saturated rings. The van der Waals surface area contributed by atoms with Gasteiger partial charge in [-0.05, 0) is 24.1 Å². The zero-order valence-electron chi connectivity index (χ0n) is 7.76. The van der Waals surface area contributed by atoms with Crippen molar-refractivity contribution in [3.63, 3.8) is 0 Å². The molecular formula is C10H15ClN2. The van der Waals surface area contributed by atoms with Gasteiger partial charge in [0.25, 0.3) is 0 Å². The lowest BCUT2D eigenvalue weighted by Gasteiger charge is -2.11. The van der Waals surface area contributed by atoms with E-state index < -0.39 is 0 Å². The molecule has 13 heavy (non-hydrogen) atoms. The smallest absolute Gasteiger partial charge is 0.0638 e. The molecule has 72 valence electrons. The summed E-state index contributed by atoms with van der Waals surface area (Å²) in [5.74, 6) is 0. The van der Waals surface area contributed by atoms with E-state index in [1.165, 1.54) is 0 Å². The lowest BCUT2D eigenvalue weighted by molar-refractivity contribution is 0.638. The van der Waals surface area contributed by atoms with Crippen molar-refractivity contribution >= 4 is 17.3 Å². The molecule has 0 heterocycles. The van der Waals surface area contributed by atoms with Crippen molar-refractivity contribution < 1.29 is 0 Å². The van der Waals surface area contributed by atoms with Crippen LogP contribution in [0.5, 0.6) is 0 Å². The van der Waals surface area contributed by atoms with Crippen molar-refractivity contribution in [2.45, 2.75) is 25.8 Å². The standard InChI is InChI=1S/C10H15ClN2/c1-2-3-9(12)7-4-5-10(13)8(11)6-7/h4-6,9H,2-3,12-13H2,1H3. The summed E-state index contributed by atoms with van der Waals surface area (Å²) in [5.41, 5.74) is 13.2. The zero-order valence-corrected chi connectivity index (χ0v) is 8.51. The molecule has 1 unspecified atom stereocenters. The van der Waals surface area contributed by atoms with E-state index in [-0.39, 0.29) is 6.04 Å². The maximum absolute atomic E-state index is 5.93. The van der Waals surface area contributed by atoms with Crippen molar-refractivity contribution in [2.75, 3.05) is 5.73 Å². The number of rotatable bonds is 3. The van der Waals surface area contributed by atoms with Crippen molar-refractivity contribution in [1.29, 1.82) is 0 Å². The molecule has 1 aromatic carbocycles. The highest BCUT2D eigenvalue weighted by Gasteiger charge is 2.05. The lowest BCUT2D eigenvalue weighted by Crippen LogP contribution is -2.09. The van der Waals surface area contributed by atoms with E-state index in [2.05, 4.69) is 6.92 Å². The third-order valence-corrected chi connectivity index (χ3v) is 2.38. The van der Waals surface area contributed by atoms with E-state index >= 15 is 0 Å². The third-order valence-electron chi connectivity index (χ3n) is 2.05. The summed E-state index contributed by atoms with van der Waals surface area (Å²) in [7, 11) is 0. The summed E-state index contributed by atoms with van der Waals surface area (Å²) < 4.78 is 0. The fourth-order valence-corrected chi connectivity index (χ4v) is 1.44. The average Bonchev–Trinajstić information content (AvgIpc) is 2.10. The SMILES string of the molecule is CCCC(N)c1ccc(N)c(Cl)c1. The number of hydrogen-bond donors (Lipinski definition) is 2. The molecule has 0 saturated carbocycles. The Morgan fingerprint density at radius 3 is 2.69 bits per heavy atom. The lowest BCUT2D eigenvalue weighted by atomic mass is 10.0. The van der Waals surface area contributed by atoms with Gasteiger partial charge in [0.2, 0.25) is 0 Å². The molecule has 2 nitrogen and oxygen atoms in total. The summed E-state index contributed by atoms with van der Waals surface area (Å²) in [5, 5.41) is 0.587. The van der Waals surface area contributed by atoms with Gasteiger partial charge >= 0.3 is 0 Å². The maximum Gasteiger partial charge on any atom is 0.0638 e. The zero-order chi connectivity index (χ0) is 9.84. The Morgan fingerprint density at radius 2 is 2.15 bits per heavy atom. The second-order valence-corrected chi connectivity index (χ2v) is 3.58. The predicted molar refractivity (Wildman–Crippen MR) is 57.7 cm³/mol. The van der Waals surface area contributed by atoms with Crippen LogP contribution < -0.4 is 11.5 Å². The van der Waals surface area contributed by atoms with E-state index in [9.17, 15) is 0 Å². The summed E-state index contributed by atoms with van der Waals surface area (Å²) >= 11 is 5.88. The number of benzene rings is 1. The van der Waals surface area contributed by atoms with Gasteiger partial charge in [0.15, 0.2) is 0 Å². The van der Waals surface area contributed by atoms with Gasteiger partial charge in [-0.2, -0.15) is 0 Å². The topological polar surface area (TPSA) is 52.0 Å². The van der Waals surface area contributed by atoms with E-state index in [1.807, 2.05) is 12.1 Å². The molecule has 0 amide bonds. The van der Waals surface area contributed by atoms with Crippen LogP contribution in [-0.2, 0) is 0 Å². The van der Waals surface area contributed by atoms with Crippen LogP contribution in [0.2, 0.25) is 5.02 Å². The van der Waals surface area contributed by atoms with Crippen LogP contribution in [0.1, 0.15) is 31.4 Å². The Kier molecular flexibility index (Phi) is 3.58. The highest BCUT2D eigenvalue weighted by Crippen LogP contribution is 2.24. The average molecular weight is 199 g/mol. The van der Waals surface area contributed by atoms with Crippen molar-refractivity contribution in [1.82, 2.24) is 0 Å². The molecule has 0 aliphatic heterocycles. The van der Waals surface area contributed by atoms with Gasteiger partial charge in [0.1, 0.15) is 0 Å². The van der Waals surface area contributed by atoms with Crippen molar-refractivity contribution in [3.8, 4) is 0 Å². The Morgan fingerprint density at radius 1 is 1.46 bits per heavy atom. The minimum absolute atomic E-state index is 0.0723. The van der Waals surface area contributed by atoms with Gasteiger partial charge in [-0.1, -0.05) is 31.0 Å². The Hall–Kier alpha value is -0.730. The van der Waals surface area contributed by atoms with Crippen LogP contribution in [0.25, 0.3) is 0 Å². The molecule has 0 bridgehead atoms. The van der Waals surface area contributed by atoms with Gasteiger partial charge in [0, 0.05) is 6.04 Å². The normalized spacial score (nSPS) is 12.8. The molecule has 0 aromatic heterocycles.